The van der Waals surface area contributed by atoms with Crippen molar-refractivity contribution < 1.29 is 23.8 Å². The molecule has 90 valence electrons. The van der Waals surface area contributed by atoms with Crippen LogP contribution in [-0.4, -0.2) is 35.9 Å². The number of ether oxygens (including phenoxy) is 2. The number of oxazole rings is 1. The lowest BCUT2D eigenvalue weighted by Crippen LogP contribution is -2.07. The highest BCUT2D eigenvalue weighted by Gasteiger charge is 2.10. The SMILES string of the molecule is CCCCOCCOc1nc(C(=O)O)co1. The number of carbonyl (C=O) groups is 1. The number of rotatable bonds is 8. The largest absolute Gasteiger partial charge is 0.476 e. The predicted molar refractivity (Wildman–Crippen MR) is 54.7 cm³/mol. The van der Waals surface area contributed by atoms with E-state index in [0.717, 1.165) is 19.1 Å². The summed E-state index contributed by atoms with van der Waals surface area (Å²) in [6, 6.07) is 0. The molecule has 0 aliphatic heterocycles. The smallest absolute Gasteiger partial charge is 0.394 e. The van der Waals surface area contributed by atoms with E-state index in [2.05, 4.69) is 11.9 Å². The van der Waals surface area contributed by atoms with Crippen LogP contribution in [-0.2, 0) is 4.74 Å². The molecular weight excluding hydrogens is 214 g/mol. The Morgan fingerprint density at radius 3 is 2.94 bits per heavy atom. The maximum atomic E-state index is 10.5. The van der Waals surface area contributed by atoms with Crippen molar-refractivity contribution in [3.8, 4) is 6.08 Å². The third-order valence-electron chi connectivity index (χ3n) is 1.80. The van der Waals surface area contributed by atoms with Gasteiger partial charge in [-0.15, -0.1) is 0 Å². The molecule has 0 unspecified atom stereocenters. The normalized spacial score (nSPS) is 10.3. The lowest BCUT2D eigenvalue weighted by atomic mass is 10.4. The standard InChI is InChI=1S/C10H15NO5/c1-2-3-4-14-5-6-15-10-11-8(7-16-10)9(12)13/h7H,2-6H2,1H3,(H,12,13). The van der Waals surface area contributed by atoms with Gasteiger partial charge in [-0.05, 0) is 6.42 Å². The topological polar surface area (TPSA) is 81.8 Å². The Morgan fingerprint density at radius 2 is 2.31 bits per heavy atom. The predicted octanol–water partition coefficient (Wildman–Crippen LogP) is 1.57. The molecule has 0 saturated heterocycles. The van der Waals surface area contributed by atoms with Gasteiger partial charge in [0.1, 0.15) is 12.9 Å². The van der Waals surface area contributed by atoms with Gasteiger partial charge in [0.2, 0.25) is 0 Å². The van der Waals surface area contributed by atoms with Crippen molar-refractivity contribution in [1.29, 1.82) is 0 Å². The van der Waals surface area contributed by atoms with Gasteiger partial charge in [0.15, 0.2) is 5.69 Å². The Balaban J connectivity index is 2.14. The Hall–Kier alpha value is -1.56. The van der Waals surface area contributed by atoms with E-state index in [-0.39, 0.29) is 11.8 Å². The summed E-state index contributed by atoms with van der Waals surface area (Å²) in [6.07, 6.45) is 3.09. The minimum atomic E-state index is -1.14. The first-order valence-corrected chi connectivity index (χ1v) is 5.13. The highest BCUT2D eigenvalue weighted by molar-refractivity contribution is 5.84. The van der Waals surface area contributed by atoms with Gasteiger partial charge >= 0.3 is 12.0 Å². The lowest BCUT2D eigenvalue weighted by Gasteiger charge is -2.02. The number of hydrogen-bond acceptors (Lipinski definition) is 5. The third-order valence-corrected chi connectivity index (χ3v) is 1.80. The molecular formula is C10H15NO5. The van der Waals surface area contributed by atoms with Gasteiger partial charge in [0.25, 0.3) is 0 Å². The first-order chi connectivity index (χ1) is 7.74. The first-order valence-electron chi connectivity index (χ1n) is 5.13. The molecule has 6 heteroatoms. The summed E-state index contributed by atoms with van der Waals surface area (Å²) in [5.41, 5.74) is -0.165. The van der Waals surface area contributed by atoms with Gasteiger partial charge in [-0.25, -0.2) is 4.79 Å². The second kappa shape index (κ2) is 6.84. The summed E-state index contributed by atoms with van der Waals surface area (Å²) in [5, 5.41) is 8.56. The number of hydrogen-bond donors (Lipinski definition) is 1. The van der Waals surface area contributed by atoms with Crippen molar-refractivity contribution in [2.24, 2.45) is 0 Å². The first kappa shape index (κ1) is 12.5. The number of aromatic nitrogens is 1. The van der Waals surface area contributed by atoms with Crippen LogP contribution >= 0.6 is 0 Å². The van der Waals surface area contributed by atoms with Gasteiger partial charge < -0.3 is 19.0 Å². The fourth-order valence-corrected chi connectivity index (χ4v) is 0.958. The fourth-order valence-electron chi connectivity index (χ4n) is 0.958. The molecule has 0 saturated carbocycles. The molecule has 1 aromatic rings. The second-order valence-corrected chi connectivity index (χ2v) is 3.12. The maximum Gasteiger partial charge on any atom is 0.394 e. The van der Waals surface area contributed by atoms with Crippen molar-refractivity contribution in [2.75, 3.05) is 19.8 Å². The Labute approximate surface area is 93.2 Å². The van der Waals surface area contributed by atoms with Crippen LogP contribution in [0.5, 0.6) is 6.08 Å². The average molecular weight is 229 g/mol. The van der Waals surface area contributed by atoms with E-state index in [0.29, 0.717) is 19.8 Å². The molecule has 0 aliphatic rings. The van der Waals surface area contributed by atoms with E-state index in [9.17, 15) is 4.79 Å². The Kier molecular flexibility index (Phi) is 5.35. The summed E-state index contributed by atoms with van der Waals surface area (Å²) >= 11 is 0. The monoisotopic (exact) mass is 229 g/mol. The zero-order valence-corrected chi connectivity index (χ0v) is 9.14. The number of nitrogens with zero attached hydrogens (tertiary/aromatic N) is 1. The zero-order valence-electron chi connectivity index (χ0n) is 9.14. The van der Waals surface area contributed by atoms with E-state index in [4.69, 9.17) is 19.0 Å². The molecule has 6 nitrogen and oxygen atoms in total. The van der Waals surface area contributed by atoms with Crippen molar-refractivity contribution in [3.63, 3.8) is 0 Å². The average Bonchev–Trinajstić information content (AvgIpc) is 2.72. The molecule has 0 spiro atoms. The van der Waals surface area contributed by atoms with Crippen LogP contribution in [0.1, 0.15) is 30.3 Å². The summed E-state index contributed by atoms with van der Waals surface area (Å²) in [5.74, 6) is -1.14. The summed E-state index contributed by atoms with van der Waals surface area (Å²) < 4.78 is 15.1. The van der Waals surface area contributed by atoms with Crippen molar-refractivity contribution >= 4 is 5.97 Å². The van der Waals surface area contributed by atoms with Crippen molar-refractivity contribution in [1.82, 2.24) is 4.98 Å². The summed E-state index contributed by atoms with van der Waals surface area (Å²) in [6.45, 7) is 3.51. The molecule has 0 fully saturated rings. The highest BCUT2D eigenvalue weighted by atomic mass is 16.6. The molecule has 0 aliphatic carbocycles. The number of aromatic carboxylic acids is 1. The van der Waals surface area contributed by atoms with Crippen LogP contribution in [0.4, 0.5) is 0 Å². The minimum Gasteiger partial charge on any atom is -0.476 e. The molecule has 0 amide bonds. The number of carboxylic acids is 1. The fraction of sp³-hybridized carbons (Fsp3) is 0.600. The van der Waals surface area contributed by atoms with Gasteiger partial charge in [0.05, 0.1) is 6.61 Å². The highest BCUT2D eigenvalue weighted by Crippen LogP contribution is 2.09. The van der Waals surface area contributed by atoms with E-state index in [1.807, 2.05) is 0 Å². The zero-order chi connectivity index (χ0) is 11.8. The molecule has 1 rings (SSSR count). The van der Waals surface area contributed by atoms with Crippen LogP contribution < -0.4 is 4.74 Å². The minimum absolute atomic E-state index is 0.0449. The Morgan fingerprint density at radius 1 is 1.50 bits per heavy atom. The lowest BCUT2D eigenvalue weighted by molar-refractivity contribution is 0.0689. The van der Waals surface area contributed by atoms with Gasteiger partial charge in [-0.3, -0.25) is 0 Å². The molecule has 0 atom stereocenters. The van der Waals surface area contributed by atoms with Crippen molar-refractivity contribution in [2.45, 2.75) is 19.8 Å². The number of carboxylic acid groups (broad SMARTS) is 1. The molecule has 16 heavy (non-hydrogen) atoms. The molecule has 0 bridgehead atoms. The van der Waals surface area contributed by atoms with Crippen LogP contribution in [0.15, 0.2) is 10.7 Å². The Bertz CT molecular complexity index is 323. The van der Waals surface area contributed by atoms with Crippen LogP contribution in [0.3, 0.4) is 0 Å². The van der Waals surface area contributed by atoms with Crippen LogP contribution in [0, 0.1) is 0 Å². The van der Waals surface area contributed by atoms with E-state index >= 15 is 0 Å². The van der Waals surface area contributed by atoms with Gasteiger partial charge in [0, 0.05) is 6.61 Å². The summed E-state index contributed by atoms with van der Waals surface area (Å²) in [7, 11) is 0. The molecule has 1 aromatic heterocycles. The van der Waals surface area contributed by atoms with Gasteiger partial charge in [-0.1, -0.05) is 13.3 Å². The van der Waals surface area contributed by atoms with Gasteiger partial charge in [-0.2, -0.15) is 4.98 Å². The van der Waals surface area contributed by atoms with Crippen molar-refractivity contribution in [3.05, 3.63) is 12.0 Å². The van der Waals surface area contributed by atoms with Crippen LogP contribution in [0.25, 0.3) is 0 Å². The van der Waals surface area contributed by atoms with E-state index in [1.54, 1.807) is 0 Å². The third kappa shape index (κ3) is 4.31. The molecule has 0 aromatic carbocycles. The quantitative estimate of drug-likeness (QED) is 0.681. The molecule has 0 radical (unpaired) electrons. The molecule has 1 N–H and O–H groups in total. The summed E-state index contributed by atoms with van der Waals surface area (Å²) in [4.78, 5) is 14.1. The second-order valence-electron chi connectivity index (χ2n) is 3.12. The van der Waals surface area contributed by atoms with E-state index in [1.165, 1.54) is 0 Å². The van der Waals surface area contributed by atoms with E-state index < -0.39 is 5.97 Å². The van der Waals surface area contributed by atoms with Crippen LogP contribution in [0.2, 0.25) is 0 Å². The maximum absolute atomic E-state index is 10.5. The number of unbranched alkanes of at least 4 members (excludes halogenated alkanes) is 1. The molecule has 1 heterocycles.